The van der Waals surface area contributed by atoms with Crippen molar-refractivity contribution >= 4 is 28.5 Å². The van der Waals surface area contributed by atoms with Gasteiger partial charge >= 0.3 is 5.97 Å². The fourth-order valence-corrected chi connectivity index (χ4v) is 4.49. The SMILES string of the molecule is C[C@H](NC(=O)c1ccc2c(cnn2Cc2ccc(-c3ccccc3C(=O)O)cc2)c1)c1ccc([N+](=O)[O-])cc1. The Morgan fingerprint density at radius 2 is 1.72 bits per heavy atom. The highest BCUT2D eigenvalue weighted by Crippen LogP contribution is 2.25. The van der Waals surface area contributed by atoms with Crippen LogP contribution < -0.4 is 5.32 Å². The van der Waals surface area contributed by atoms with E-state index >= 15 is 0 Å². The van der Waals surface area contributed by atoms with Gasteiger partial charge in [0.15, 0.2) is 0 Å². The van der Waals surface area contributed by atoms with Gasteiger partial charge in [-0.05, 0) is 53.4 Å². The molecule has 1 atom stereocenters. The Bertz CT molecular complexity index is 1690. The predicted molar refractivity (Wildman–Crippen MR) is 147 cm³/mol. The minimum absolute atomic E-state index is 0.000739. The molecule has 5 rings (SSSR count). The summed E-state index contributed by atoms with van der Waals surface area (Å²) >= 11 is 0. The van der Waals surface area contributed by atoms with E-state index in [9.17, 15) is 24.8 Å². The van der Waals surface area contributed by atoms with Gasteiger partial charge < -0.3 is 10.4 Å². The highest BCUT2D eigenvalue weighted by Gasteiger charge is 2.15. The second kappa shape index (κ2) is 10.6. The Balaban J connectivity index is 1.29. The summed E-state index contributed by atoms with van der Waals surface area (Å²) in [5, 5.41) is 28.6. The topological polar surface area (TPSA) is 127 Å². The lowest BCUT2D eigenvalue weighted by Crippen LogP contribution is -2.26. The van der Waals surface area contributed by atoms with Crippen LogP contribution in [0.3, 0.4) is 0 Å². The zero-order valence-electron chi connectivity index (χ0n) is 20.9. The molecule has 5 aromatic rings. The van der Waals surface area contributed by atoms with Gasteiger partial charge in [-0.2, -0.15) is 5.10 Å². The van der Waals surface area contributed by atoms with Crippen LogP contribution >= 0.6 is 0 Å². The standard InChI is InChI=1S/C30H24N4O5/c1-19(21-10-13-25(14-11-21)34(38)39)32-29(35)23-12-15-28-24(16-23)17-31-33(28)18-20-6-8-22(9-7-20)26-4-2-3-5-27(26)30(36)37/h2-17,19H,18H2,1H3,(H,32,35)(H,36,37)/t19-/m0/s1. The number of carbonyl (C=O) groups is 2. The van der Waals surface area contributed by atoms with E-state index in [0.29, 0.717) is 17.7 Å². The molecule has 194 valence electrons. The first-order chi connectivity index (χ1) is 18.8. The van der Waals surface area contributed by atoms with Crippen molar-refractivity contribution in [2.24, 2.45) is 0 Å². The summed E-state index contributed by atoms with van der Waals surface area (Å²) in [5.41, 5.74) is 4.85. The fourth-order valence-electron chi connectivity index (χ4n) is 4.49. The molecule has 0 saturated heterocycles. The van der Waals surface area contributed by atoms with Gasteiger partial charge in [0.25, 0.3) is 11.6 Å². The molecule has 2 N–H and O–H groups in total. The zero-order valence-corrected chi connectivity index (χ0v) is 20.9. The molecule has 0 unspecified atom stereocenters. The van der Waals surface area contributed by atoms with Gasteiger partial charge in [-0.25, -0.2) is 4.79 Å². The van der Waals surface area contributed by atoms with Gasteiger partial charge in [-0.1, -0.05) is 54.6 Å². The number of carboxylic acid groups (broad SMARTS) is 1. The number of nitrogens with one attached hydrogen (secondary N) is 1. The summed E-state index contributed by atoms with van der Waals surface area (Å²) in [5.74, 6) is -1.22. The lowest BCUT2D eigenvalue weighted by molar-refractivity contribution is -0.384. The fraction of sp³-hybridized carbons (Fsp3) is 0.100. The Kier molecular flexibility index (Phi) is 6.88. The molecule has 0 fully saturated rings. The lowest BCUT2D eigenvalue weighted by atomic mass is 9.99. The van der Waals surface area contributed by atoms with E-state index in [1.807, 2.05) is 48.0 Å². The van der Waals surface area contributed by atoms with E-state index in [1.165, 1.54) is 12.1 Å². The number of carboxylic acids is 1. The van der Waals surface area contributed by atoms with Crippen LogP contribution in [0.1, 0.15) is 44.8 Å². The molecular formula is C30H24N4O5. The van der Waals surface area contributed by atoms with Crippen molar-refractivity contribution in [2.75, 3.05) is 0 Å². The molecule has 0 spiro atoms. The van der Waals surface area contributed by atoms with E-state index in [-0.39, 0.29) is 23.2 Å². The number of amides is 1. The van der Waals surface area contributed by atoms with Gasteiger partial charge in [0.05, 0.1) is 34.8 Å². The van der Waals surface area contributed by atoms with E-state index in [1.54, 1.807) is 48.7 Å². The van der Waals surface area contributed by atoms with Crippen molar-refractivity contribution in [1.29, 1.82) is 0 Å². The number of aromatic carboxylic acids is 1. The summed E-state index contributed by atoms with van der Waals surface area (Å²) in [6, 6.07) is 25.7. The average Bonchev–Trinajstić information content (AvgIpc) is 3.35. The number of nitrogens with zero attached hydrogens (tertiary/aromatic N) is 3. The molecule has 0 bridgehead atoms. The highest BCUT2D eigenvalue weighted by atomic mass is 16.6. The monoisotopic (exact) mass is 520 g/mol. The second-order valence-corrected chi connectivity index (χ2v) is 9.17. The summed E-state index contributed by atoms with van der Waals surface area (Å²) in [6.45, 7) is 2.33. The number of non-ortho nitro benzene ring substituents is 1. The zero-order chi connectivity index (χ0) is 27.5. The third-order valence-corrected chi connectivity index (χ3v) is 6.61. The van der Waals surface area contributed by atoms with Crippen LogP contribution in [-0.4, -0.2) is 31.7 Å². The molecule has 0 radical (unpaired) electrons. The maximum atomic E-state index is 12.9. The minimum atomic E-state index is -0.966. The number of benzene rings is 4. The molecular weight excluding hydrogens is 496 g/mol. The molecule has 1 aromatic heterocycles. The summed E-state index contributed by atoms with van der Waals surface area (Å²) in [7, 11) is 0. The van der Waals surface area contributed by atoms with Crippen molar-refractivity contribution in [2.45, 2.75) is 19.5 Å². The molecule has 9 nitrogen and oxygen atoms in total. The molecule has 4 aromatic carbocycles. The van der Waals surface area contributed by atoms with Crippen LogP contribution in [0.15, 0.2) is 97.2 Å². The first kappa shape index (κ1) is 25.3. The van der Waals surface area contributed by atoms with Crippen LogP contribution in [0, 0.1) is 10.1 Å². The van der Waals surface area contributed by atoms with E-state index in [0.717, 1.165) is 27.6 Å². The number of carbonyl (C=O) groups excluding carboxylic acids is 1. The molecule has 9 heteroatoms. The number of rotatable bonds is 8. The maximum absolute atomic E-state index is 12.9. The highest BCUT2D eigenvalue weighted by molar-refractivity contribution is 5.98. The van der Waals surface area contributed by atoms with Crippen molar-refractivity contribution in [1.82, 2.24) is 15.1 Å². The number of fused-ring (bicyclic) bond motifs is 1. The van der Waals surface area contributed by atoms with Crippen LogP contribution in [0.4, 0.5) is 5.69 Å². The van der Waals surface area contributed by atoms with Crippen molar-refractivity contribution in [3.05, 3.63) is 130 Å². The predicted octanol–water partition coefficient (Wildman–Crippen LogP) is 5.85. The molecule has 0 aliphatic rings. The normalized spacial score (nSPS) is 11.7. The maximum Gasteiger partial charge on any atom is 0.336 e. The third-order valence-electron chi connectivity index (χ3n) is 6.61. The Labute approximate surface area is 223 Å². The van der Waals surface area contributed by atoms with Gasteiger partial charge in [0, 0.05) is 23.1 Å². The summed E-state index contributed by atoms with van der Waals surface area (Å²) in [4.78, 5) is 34.8. The minimum Gasteiger partial charge on any atom is -0.478 e. The van der Waals surface area contributed by atoms with Gasteiger partial charge in [-0.3, -0.25) is 19.6 Å². The van der Waals surface area contributed by atoms with Crippen LogP contribution in [0.2, 0.25) is 0 Å². The smallest absolute Gasteiger partial charge is 0.336 e. The molecule has 1 amide bonds. The quantitative estimate of drug-likeness (QED) is 0.195. The number of nitro benzene ring substituents is 1. The lowest BCUT2D eigenvalue weighted by Gasteiger charge is -2.14. The Hall–Kier alpha value is -5.31. The average molecular weight is 521 g/mol. The number of nitro groups is 1. The first-order valence-corrected chi connectivity index (χ1v) is 12.2. The Morgan fingerprint density at radius 1 is 1.00 bits per heavy atom. The molecule has 0 aliphatic carbocycles. The van der Waals surface area contributed by atoms with Crippen molar-refractivity contribution in [3.8, 4) is 11.1 Å². The van der Waals surface area contributed by atoms with E-state index in [2.05, 4.69) is 10.4 Å². The number of hydrogen-bond donors (Lipinski definition) is 2. The molecule has 39 heavy (non-hydrogen) atoms. The molecule has 0 saturated carbocycles. The molecule has 1 heterocycles. The van der Waals surface area contributed by atoms with Crippen LogP contribution in [-0.2, 0) is 6.54 Å². The van der Waals surface area contributed by atoms with Crippen LogP contribution in [0.25, 0.3) is 22.0 Å². The number of aromatic nitrogens is 2. The first-order valence-electron chi connectivity index (χ1n) is 12.2. The second-order valence-electron chi connectivity index (χ2n) is 9.17. The van der Waals surface area contributed by atoms with Crippen molar-refractivity contribution in [3.63, 3.8) is 0 Å². The van der Waals surface area contributed by atoms with Gasteiger partial charge in [0.2, 0.25) is 0 Å². The van der Waals surface area contributed by atoms with Gasteiger partial charge in [0.1, 0.15) is 0 Å². The Morgan fingerprint density at radius 3 is 2.41 bits per heavy atom. The van der Waals surface area contributed by atoms with Crippen molar-refractivity contribution < 1.29 is 19.6 Å². The van der Waals surface area contributed by atoms with E-state index < -0.39 is 10.9 Å². The summed E-state index contributed by atoms with van der Waals surface area (Å²) < 4.78 is 1.84. The van der Waals surface area contributed by atoms with Crippen LogP contribution in [0.5, 0.6) is 0 Å². The third kappa shape index (κ3) is 5.37. The van der Waals surface area contributed by atoms with E-state index in [4.69, 9.17) is 0 Å². The van der Waals surface area contributed by atoms with Gasteiger partial charge in [-0.15, -0.1) is 0 Å². The molecule has 0 aliphatic heterocycles. The number of hydrogen-bond acceptors (Lipinski definition) is 5. The largest absolute Gasteiger partial charge is 0.478 e. The summed E-state index contributed by atoms with van der Waals surface area (Å²) in [6.07, 6.45) is 1.71.